The van der Waals surface area contributed by atoms with Crippen LogP contribution in [0.1, 0.15) is 43.7 Å². The van der Waals surface area contributed by atoms with Crippen molar-refractivity contribution in [1.29, 1.82) is 0 Å². The first-order valence-electron chi connectivity index (χ1n) is 7.50. The van der Waals surface area contributed by atoms with E-state index in [9.17, 15) is 5.11 Å². The van der Waals surface area contributed by atoms with Crippen LogP contribution < -0.4 is 0 Å². The summed E-state index contributed by atoms with van der Waals surface area (Å²) in [4.78, 5) is 0. The van der Waals surface area contributed by atoms with Crippen LogP contribution in [0.3, 0.4) is 0 Å². The Morgan fingerprint density at radius 1 is 0.750 bits per heavy atom. The molecule has 0 aliphatic heterocycles. The van der Waals surface area contributed by atoms with Gasteiger partial charge in [0.25, 0.3) is 0 Å². The largest absolute Gasteiger partial charge is 0.384 e. The van der Waals surface area contributed by atoms with E-state index in [4.69, 9.17) is 0 Å². The van der Waals surface area contributed by atoms with E-state index in [2.05, 4.69) is 43.3 Å². The van der Waals surface area contributed by atoms with Gasteiger partial charge >= 0.3 is 0 Å². The second-order valence-corrected chi connectivity index (χ2v) is 6.13. The van der Waals surface area contributed by atoms with Crippen molar-refractivity contribution < 1.29 is 5.11 Å². The minimum absolute atomic E-state index is 0.214. The van der Waals surface area contributed by atoms with Gasteiger partial charge in [-0.15, -0.1) is 0 Å². The number of benzene rings is 2. The maximum Gasteiger partial charge on any atom is 0.0989 e. The SMILES string of the molecule is C[C@@]1(c2ccccc2)CCCC[C@]1(O)c1ccccc1. The second kappa shape index (κ2) is 5.06. The second-order valence-electron chi connectivity index (χ2n) is 6.13. The van der Waals surface area contributed by atoms with Crippen molar-refractivity contribution in [1.82, 2.24) is 0 Å². The van der Waals surface area contributed by atoms with Crippen LogP contribution in [0.2, 0.25) is 0 Å². The summed E-state index contributed by atoms with van der Waals surface area (Å²) in [5.74, 6) is 0. The van der Waals surface area contributed by atoms with Gasteiger partial charge in [-0.3, -0.25) is 0 Å². The molecule has 2 atom stereocenters. The Morgan fingerprint density at radius 3 is 1.85 bits per heavy atom. The summed E-state index contributed by atoms with van der Waals surface area (Å²) in [6, 6.07) is 20.7. The normalized spacial score (nSPS) is 30.1. The van der Waals surface area contributed by atoms with E-state index in [1.165, 1.54) is 12.0 Å². The van der Waals surface area contributed by atoms with Crippen molar-refractivity contribution in [3.05, 3.63) is 71.8 Å². The molecule has 1 N–H and O–H groups in total. The quantitative estimate of drug-likeness (QED) is 0.854. The van der Waals surface area contributed by atoms with Gasteiger partial charge in [-0.2, -0.15) is 0 Å². The lowest BCUT2D eigenvalue weighted by atomic mass is 9.58. The average Bonchev–Trinajstić information content (AvgIpc) is 2.52. The minimum atomic E-state index is -0.770. The maximum atomic E-state index is 11.5. The van der Waals surface area contributed by atoms with Crippen molar-refractivity contribution in [2.75, 3.05) is 0 Å². The molecule has 2 aromatic carbocycles. The van der Waals surface area contributed by atoms with Gasteiger partial charge in [0.05, 0.1) is 5.60 Å². The molecule has 0 radical (unpaired) electrons. The lowest BCUT2D eigenvalue weighted by Gasteiger charge is -2.49. The van der Waals surface area contributed by atoms with Gasteiger partial charge in [-0.05, 0) is 24.0 Å². The summed E-state index contributed by atoms with van der Waals surface area (Å²) in [5, 5.41) is 11.5. The fraction of sp³-hybridized carbons (Fsp3) is 0.368. The molecule has 0 aromatic heterocycles. The molecule has 20 heavy (non-hydrogen) atoms. The summed E-state index contributed by atoms with van der Waals surface area (Å²) in [6.45, 7) is 2.22. The standard InChI is InChI=1S/C19H22O/c1-18(16-10-4-2-5-11-16)14-8-9-15-19(18,20)17-12-6-3-7-13-17/h2-7,10-13,20H,8-9,14-15H2,1H3/t18-,19-/m0/s1. The first-order valence-corrected chi connectivity index (χ1v) is 7.50. The monoisotopic (exact) mass is 266 g/mol. The Labute approximate surface area is 121 Å². The van der Waals surface area contributed by atoms with Crippen LogP contribution in [0.25, 0.3) is 0 Å². The van der Waals surface area contributed by atoms with Gasteiger partial charge in [0.15, 0.2) is 0 Å². The molecular formula is C19H22O. The molecule has 1 fully saturated rings. The van der Waals surface area contributed by atoms with E-state index in [0.29, 0.717) is 0 Å². The van der Waals surface area contributed by atoms with Crippen LogP contribution >= 0.6 is 0 Å². The third-order valence-corrected chi connectivity index (χ3v) is 5.04. The van der Waals surface area contributed by atoms with E-state index in [-0.39, 0.29) is 5.41 Å². The topological polar surface area (TPSA) is 20.2 Å². The summed E-state index contributed by atoms with van der Waals surface area (Å²) in [5.41, 5.74) is 1.30. The predicted octanol–water partition coefficient (Wildman–Crippen LogP) is 4.41. The van der Waals surface area contributed by atoms with Gasteiger partial charge in [-0.1, -0.05) is 80.4 Å². The fourth-order valence-electron chi connectivity index (χ4n) is 3.71. The van der Waals surface area contributed by atoms with Gasteiger partial charge < -0.3 is 5.11 Å². The summed E-state index contributed by atoms with van der Waals surface area (Å²) in [7, 11) is 0. The number of rotatable bonds is 2. The van der Waals surface area contributed by atoms with Crippen LogP contribution in [0, 0.1) is 0 Å². The lowest BCUT2D eigenvalue weighted by Crippen LogP contribution is -2.49. The van der Waals surface area contributed by atoms with E-state index in [1.54, 1.807) is 0 Å². The zero-order valence-corrected chi connectivity index (χ0v) is 12.0. The zero-order valence-electron chi connectivity index (χ0n) is 12.0. The third kappa shape index (κ3) is 1.97. The Bertz CT molecular complexity index is 509. The lowest BCUT2D eigenvalue weighted by molar-refractivity contribution is -0.0698. The third-order valence-electron chi connectivity index (χ3n) is 5.04. The summed E-state index contributed by atoms with van der Waals surface area (Å²) < 4.78 is 0. The molecule has 0 spiro atoms. The fourth-order valence-corrected chi connectivity index (χ4v) is 3.71. The maximum absolute atomic E-state index is 11.5. The first-order chi connectivity index (χ1) is 9.67. The van der Waals surface area contributed by atoms with E-state index in [0.717, 1.165) is 24.8 Å². The highest BCUT2D eigenvalue weighted by molar-refractivity contribution is 5.36. The van der Waals surface area contributed by atoms with Crippen LogP contribution in [-0.2, 0) is 11.0 Å². The molecule has 1 aliphatic carbocycles. The molecule has 0 bridgehead atoms. The highest BCUT2D eigenvalue weighted by Gasteiger charge is 2.50. The first kappa shape index (κ1) is 13.4. The molecule has 0 amide bonds. The number of hydrogen-bond donors (Lipinski definition) is 1. The predicted molar refractivity (Wildman–Crippen MR) is 82.6 cm³/mol. The van der Waals surface area contributed by atoms with Gasteiger partial charge in [-0.25, -0.2) is 0 Å². The highest BCUT2D eigenvalue weighted by Crippen LogP contribution is 2.51. The van der Waals surface area contributed by atoms with Crippen LogP contribution in [-0.4, -0.2) is 5.11 Å². The summed E-state index contributed by atoms with van der Waals surface area (Å²) >= 11 is 0. The molecule has 1 heteroatoms. The number of hydrogen-bond acceptors (Lipinski definition) is 1. The van der Waals surface area contributed by atoms with Crippen LogP contribution in [0.5, 0.6) is 0 Å². The van der Waals surface area contributed by atoms with Gasteiger partial charge in [0.1, 0.15) is 0 Å². The van der Waals surface area contributed by atoms with E-state index < -0.39 is 5.60 Å². The Balaban J connectivity index is 2.12. The molecule has 1 nitrogen and oxygen atoms in total. The molecule has 104 valence electrons. The van der Waals surface area contributed by atoms with Crippen molar-refractivity contribution in [2.45, 2.75) is 43.6 Å². The minimum Gasteiger partial charge on any atom is -0.384 e. The zero-order chi connectivity index (χ0) is 14.1. The van der Waals surface area contributed by atoms with Crippen LogP contribution in [0.15, 0.2) is 60.7 Å². The average molecular weight is 266 g/mol. The van der Waals surface area contributed by atoms with Crippen molar-refractivity contribution >= 4 is 0 Å². The molecule has 1 aliphatic rings. The van der Waals surface area contributed by atoms with Crippen molar-refractivity contribution in [3.8, 4) is 0 Å². The molecule has 0 saturated heterocycles. The molecule has 0 unspecified atom stereocenters. The van der Waals surface area contributed by atoms with E-state index >= 15 is 0 Å². The Morgan fingerprint density at radius 2 is 1.25 bits per heavy atom. The molecule has 3 rings (SSSR count). The smallest absolute Gasteiger partial charge is 0.0989 e. The summed E-state index contributed by atoms with van der Waals surface area (Å²) in [6.07, 6.45) is 4.14. The number of aliphatic hydroxyl groups is 1. The Kier molecular flexibility index (Phi) is 3.39. The Hall–Kier alpha value is -1.60. The molecule has 1 saturated carbocycles. The van der Waals surface area contributed by atoms with Crippen LogP contribution in [0.4, 0.5) is 0 Å². The van der Waals surface area contributed by atoms with Crippen molar-refractivity contribution in [2.24, 2.45) is 0 Å². The van der Waals surface area contributed by atoms with E-state index in [1.807, 2.05) is 24.3 Å². The molecule has 2 aromatic rings. The van der Waals surface area contributed by atoms with Crippen molar-refractivity contribution in [3.63, 3.8) is 0 Å². The molecular weight excluding hydrogens is 244 g/mol. The highest BCUT2D eigenvalue weighted by atomic mass is 16.3. The van der Waals surface area contributed by atoms with Gasteiger partial charge in [0.2, 0.25) is 0 Å². The van der Waals surface area contributed by atoms with Gasteiger partial charge in [0, 0.05) is 5.41 Å². The molecule has 0 heterocycles.